The van der Waals surface area contributed by atoms with Crippen LogP contribution in [0.1, 0.15) is 31.2 Å². The van der Waals surface area contributed by atoms with Crippen LogP contribution in [0, 0.1) is 11.7 Å². The lowest BCUT2D eigenvalue weighted by atomic mass is 10.1. The van der Waals surface area contributed by atoms with Crippen LogP contribution in [-0.2, 0) is 9.53 Å². The van der Waals surface area contributed by atoms with Crippen LogP contribution in [0.15, 0.2) is 18.2 Å². The first-order valence-electron chi connectivity index (χ1n) is 5.75. The summed E-state index contributed by atoms with van der Waals surface area (Å²) in [7, 11) is 0. The zero-order chi connectivity index (χ0) is 12.4. The van der Waals surface area contributed by atoms with Crippen molar-refractivity contribution in [1.82, 2.24) is 0 Å². The molecule has 3 nitrogen and oxygen atoms in total. The lowest BCUT2D eigenvalue weighted by molar-refractivity contribution is -0.143. The summed E-state index contributed by atoms with van der Waals surface area (Å²) in [5.41, 5.74) is 0.842. The van der Waals surface area contributed by atoms with Gasteiger partial charge in [-0.15, -0.1) is 0 Å². The summed E-state index contributed by atoms with van der Waals surface area (Å²) < 4.78 is 18.0. The van der Waals surface area contributed by atoms with Crippen molar-refractivity contribution in [3.05, 3.63) is 29.6 Å². The molecule has 1 aliphatic rings. The average molecular weight is 238 g/mol. The molecule has 2 rings (SSSR count). The lowest BCUT2D eigenvalue weighted by Crippen LogP contribution is -2.04. The number of phenols is 1. The molecule has 1 aliphatic carbocycles. The van der Waals surface area contributed by atoms with Crippen LogP contribution in [0.5, 0.6) is 5.75 Å². The summed E-state index contributed by atoms with van der Waals surface area (Å²) in [5, 5.41) is 9.08. The highest BCUT2D eigenvalue weighted by Crippen LogP contribution is 2.50. The molecule has 92 valence electrons. The maximum Gasteiger partial charge on any atom is 0.306 e. The first kappa shape index (κ1) is 11.9. The van der Waals surface area contributed by atoms with Crippen LogP contribution in [0.4, 0.5) is 4.39 Å². The molecule has 0 aliphatic heterocycles. The molecule has 0 heterocycles. The van der Waals surface area contributed by atoms with Gasteiger partial charge in [-0.3, -0.25) is 4.79 Å². The number of hydrogen-bond donors (Lipinski definition) is 1. The molecule has 2 unspecified atom stereocenters. The zero-order valence-electron chi connectivity index (χ0n) is 9.65. The van der Waals surface area contributed by atoms with Gasteiger partial charge < -0.3 is 9.84 Å². The fourth-order valence-electron chi connectivity index (χ4n) is 2.07. The van der Waals surface area contributed by atoms with Crippen LogP contribution in [0.2, 0.25) is 0 Å². The van der Waals surface area contributed by atoms with Crippen molar-refractivity contribution in [2.75, 3.05) is 6.61 Å². The minimum Gasteiger partial charge on any atom is -0.505 e. The van der Waals surface area contributed by atoms with Crippen LogP contribution in [0.3, 0.4) is 0 Å². The standard InChI is InChI=1S/C13H15FO3/c1-2-17-13(16)7-9-5-10(9)8-3-4-12(15)11(14)6-8/h3-4,6,9-10,15H,2,5,7H2,1H3. The second kappa shape index (κ2) is 4.73. The second-order valence-corrected chi connectivity index (χ2v) is 4.32. The number of benzene rings is 1. The van der Waals surface area contributed by atoms with Gasteiger partial charge in [0.1, 0.15) is 0 Å². The van der Waals surface area contributed by atoms with Gasteiger partial charge in [0.25, 0.3) is 0 Å². The Morgan fingerprint density at radius 1 is 1.59 bits per heavy atom. The van der Waals surface area contributed by atoms with Crippen LogP contribution in [0.25, 0.3) is 0 Å². The highest BCUT2D eigenvalue weighted by molar-refractivity contribution is 5.70. The first-order chi connectivity index (χ1) is 8.11. The normalized spacial score (nSPS) is 22.2. The van der Waals surface area contributed by atoms with Crippen LogP contribution >= 0.6 is 0 Å². The van der Waals surface area contributed by atoms with Gasteiger partial charge >= 0.3 is 5.97 Å². The van der Waals surface area contributed by atoms with E-state index in [1.807, 2.05) is 0 Å². The van der Waals surface area contributed by atoms with Crippen molar-refractivity contribution in [3.8, 4) is 5.75 Å². The third-order valence-electron chi connectivity index (χ3n) is 3.06. The Balaban J connectivity index is 1.93. The minimum absolute atomic E-state index is 0.195. The molecular formula is C13H15FO3. The van der Waals surface area contributed by atoms with E-state index in [0.29, 0.717) is 13.0 Å². The summed E-state index contributed by atoms with van der Waals surface area (Å²) in [6.07, 6.45) is 1.27. The first-order valence-corrected chi connectivity index (χ1v) is 5.75. The molecule has 0 radical (unpaired) electrons. The van der Waals surface area contributed by atoms with E-state index in [0.717, 1.165) is 12.0 Å². The SMILES string of the molecule is CCOC(=O)CC1CC1c1ccc(O)c(F)c1. The van der Waals surface area contributed by atoms with Gasteiger partial charge in [-0.05, 0) is 42.9 Å². The summed E-state index contributed by atoms with van der Waals surface area (Å²) in [4.78, 5) is 11.3. The second-order valence-electron chi connectivity index (χ2n) is 4.32. The third-order valence-corrected chi connectivity index (χ3v) is 3.06. The molecule has 2 atom stereocenters. The predicted octanol–water partition coefficient (Wildman–Crippen LogP) is 2.59. The quantitative estimate of drug-likeness (QED) is 0.820. The van der Waals surface area contributed by atoms with E-state index < -0.39 is 5.82 Å². The Labute approximate surface area is 99.2 Å². The number of phenolic OH excluding ortho intramolecular Hbond substituents is 1. The number of halogens is 1. The smallest absolute Gasteiger partial charge is 0.306 e. The number of carbonyl (C=O) groups is 1. The van der Waals surface area contributed by atoms with Crippen molar-refractivity contribution in [3.63, 3.8) is 0 Å². The number of ether oxygens (including phenoxy) is 1. The zero-order valence-corrected chi connectivity index (χ0v) is 9.65. The Bertz CT molecular complexity index is 431. The summed E-state index contributed by atoms with van der Waals surface area (Å²) >= 11 is 0. The Morgan fingerprint density at radius 3 is 3.00 bits per heavy atom. The van der Waals surface area contributed by atoms with Crippen molar-refractivity contribution >= 4 is 5.97 Å². The van der Waals surface area contributed by atoms with Gasteiger partial charge in [-0.25, -0.2) is 4.39 Å². The number of esters is 1. The molecule has 1 N–H and O–H groups in total. The van der Waals surface area contributed by atoms with Gasteiger partial charge in [0.05, 0.1) is 6.61 Å². The fourth-order valence-corrected chi connectivity index (χ4v) is 2.07. The number of rotatable bonds is 4. The predicted molar refractivity (Wildman–Crippen MR) is 60.2 cm³/mol. The van der Waals surface area contributed by atoms with Gasteiger partial charge in [0.2, 0.25) is 0 Å². The van der Waals surface area contributed by atoms with Gasteiger partial charge in [-0.1, -0.05) is 6.07 Å². The van der Waals surface area contributed by atoms with Gasteiger partial charge in [-0.2, -0.15) is 0 Å². The largest absolute Gasteiger partial charge is 0.505 e. The minimum atomic E-state index is -0.607. The number of hydrogen-bond acceptors (Lipinski definition) is 3. The van der Waals surface area contributed by atoms with Gasteiger partial charge in [0, 0.05) is 6.42 Å². The molecule has 1 fully saturated rings. The van der Waals surface area contributed by atoms with E-state index in [1.54, 1.807) is 13.0 Å². The van der Waals surface area contributed by atoms with E-state index in [2.05, 4.69) is 0 Å². The Morgan fingerprint density at radius 2 is 2.35 bits per heavy atom. The van der Waals surface area contributed by atoms with E-state index in [9.17, 15) is 9.18 Å². The maximum absolute atomic E-state index is 13.1. The molecule has 4 heteroatoms. The molecule has 1 aromatic rings. The lowest BCUT2D eigenvalue weighted by Gasteiger charge is -2.03. The molecule has 0 saturated heterocycles. The molecule has 0 bridgehead atoms. The van der Waals surface area contributed by atoms with Crippen molar-refractivity contribution in [1.29, 1.82) is 0 Å². The van der Waals surface area contributed by atoms with Gasteiger partial charge in [0.15, 0.2) is 11.6 Å². The molecule has 0 spiro atoms. The molecular weight excluding hydrogens is 223 g/mol. The highest BCUT2D eigenvalue weighted by Gasteiger charge is 2.40. The average Bonchev–Trinajstić information content (AvgIpc) is 3.01. The van der Waals surface area contributed by atoms with Crippen molar-refractivity contribution in [2.45, 2.75) is 25.7 Å². The summed E-state index contributed by atoms with van der Waals surface area (Å²) in [5.74, 6) is -0.674. The topological polar surface area (TPSA) is 46.5 Å². The Kier molecular flexibility index (Phi) is 3.31. The molecule has 1 saturated carbocycles. The summed E-state index contributed by atoms with van der Waals surface area (Å²) in [6, 6.07) is 4.39. The maximum atomic E-state index is 13.1. The van der Waals surface area contributed by atoms with Crippen LogP contribution < -0.4 is 0 Å². The number of aromatic hydroxyl groups is 1. The van der Waals surface area contributed by atoms with E-state index in [-0.39, 0.29) is 23.6 Å². The van der Waals surface area contributed by atoms with Crippen molar-refractivity contribution in [2.24, 2.45) is 5.92 Å². The Hall–Kier alpha value is -1.58. The number of carbonyl (C=O) groups excluding carboxylic acids is 1. The molecule has 0 amide bonds. The molecule has 17 heavy (non-hydrogen) atoms. The van der Waals surface area contributed by atoms with Crippen molar-refractivity contribution < 1.29 is 19.0 Å². The third kappa shape index (κ3) is 2.75. The highest BCUT2D eigenvalue weighted by atomic mass is 19.1. The van der Waals surface area contributed by atoms with E-state index >= 15 is 0 Å². The summed E-state index contributed by atoms with van der Waals surface area (Å²) in [6.45, 7) is 2.17. The van der Waals surface area contributed by atoms with E-state index in [1.165, 1.54) is 12.1 Å². The molecule has 1 aromatic carbocycles. The fraction of sp³-hybridized carbons (Fsp3) is 0.462. The monoisotopic (exact) mass is 238 g/mol. The molecule has 0 aromatic heterocycles. The van der Waals surface area contributed by atoms with Crippen LogP contribution in [-0.4, -0.2) is 17.7 Å². The van der Waals surface area contributed by atoms with E-state index in [4.69, 9.17) is 9.84 Å².